The molecule has 11 heteroatoms. The summed E-state index contributed by atoms with van der Waals surface area (Å²) < 4.78 is 40.1. The predicted octanol–water partition coefficient (Wildman–Crippen LogP) is 1.71. The maximum absolute atomic E-state index is 12.2. The number of benzene rings is 1. The Morgan fingerprint density at radius 3 is 2.76 bits per heavy atom. The van der Waals surface area contributed by atoms with E-state index in [9.17, 15) is 27.6 Å². The zero-order chi connectivity index (χ0) is 21.6. The Morgan fingerprint density at radius 1 is 1.38 bits per heavy atom. The topological polar surface area (TPSA) is 134 Å². The van der Waals surface area contributed by atoms with Gasteiger partial charge in [-0.05, 0) is 30.0 Å². The number of nitrogens with one attached hydrogen (secondary N) is 3. The Balaban J connectivity index is 1.95. The average molecular weight is 412 g/mol. The van der Waals surface area contributed by atoms with Crippen molar-refractivity contribution in [2.24, 2.45) is 11.7 Å². The Bertz CT molecular complexity index is 852. The number of hydrogen-bond donors (Lipinski definition) is 4. The van der Waals surface area contributed by atoms with Crippen LogP contribution in [0.15, 0.2) is 24.3 Å². The van der Waals surface area contributed by atoms with E-state index < -0.39 is 36.4 Å². The number of alkyl halides is 3. The van der Waals surface area contributed by atoms with Crippen molar-refractivity contribution in [2.75, 3.05) is 11.9 Å². The van der Waals surface area contributed by atoms with Crippen LogP contribution in [0.2, 0.25) is 0 Å². The number of guanidine groups is 1. The summed E-state index contributed by atoms with van der Waals surface area (Å²) in [4.78, 5) is 34.4. The van der Waals surface area contributed by atoms with E-state index >= 15 is 0 Å². The van der Waals surface area contributed by atoms with E-state index in [4.69, 9.17) is 11.1 Å². The highest BCUT2D eigenvalue weighted by molar-refractivity contribution is 5.99. The lowest BCUT2D eigenvalue weighted by atomic mass is 9.90. The predicted molar refractivity (Wildman–Crippen MR) is 97.6 cm³/mol. The van der Waals surface area contributed by atoms with E-state index in [1.165, 1.54) is 0 Å². The number of rotatable bonds is 6. The van der Waals surface area contributed by atoms with E-state index in [1.54, 1.807) is 18.2 Å². The fraction of sp³-hybridized carbons (Fsp3) is 0.333. The van der Waals surface area contributed by atoms with Gasteiger partial charge in [-0.25, -0.2) is 4.79 Å². The number of amides is 1. The third kappa shape index (κ3) is 6.63. The molecule has 0 aromatic heterocycles. The number of halogens is 3. The molecule has 0 spiro atoms. The molecule has 0 bridgehead atoms. The zero-order valence-corrected chi connectivity index (χ0v) is 15.1. The summed E-state index contributed by atoms with van der Waals surface area (Å²) in [7, 11) is 0. The van der Waals surface area contributed by atoms with E-state index in [1.807, 2.05) is 12.2 Å². The molecule has 1 aromatic carbocycles. The molecule has 1 aliphatic heterocycles. The van der Waals surface area contributed by atoms with Crippen LogP contribution in [-0.2, 0) is 25.5 Å². The highest BCUT2D eigenvalue weighted by Gasteiger charge is 2.43. The van der Waals surface area contributed by atoms with E-state index in [0.717, 1.165) is 5.56 Å². The number of hydrogen-bond acceptors (Lipinski definition) is 5. The molecule has 1 amide bonds. The van der Waals surface area contributed by atoms with Crippen molar-refractivity contribution < 1.29 is 32.3 Å². The smallest absolute Gasteiger partial charge is 0.386 e. The fourth-order valence-corrected chi connectivity index (χ4v) is 2.66. The van der Waals surface area contributed by atoms with Gasteiger partial charge in [0.2, 0.25) is 5.91 Å². The van der Waals surface area contributed by atoms with Gasteiger partial charge in [0.1, 0.15) is 0 Å². The van der Waals surface area contributed by atoms with Gasteiger partial charge in [-0.1, -0.05) is 24.3 Å². The molecular formula is C18H19F3N4O4. The minimum Gasteiger partial charge on any atom is -0.386 e. The van der Waals surface area contributed by atoms with Crippen LogP contribution < -0.4 is 16.4 Å². The number of nitrogens with two attached hydrogens (primary N) is 1. The summed E-state index contributed by atoms with van der Waals surface area (Å²) in [5, 5.41) is 12.3. The van der Waals surface area contributed by atoms with Gasteiger partial charge in [0.05, 0.1) is 12.3 Å². The summed E-state index contributed by atoms with van der Waals surface area (Å²) in [6, 6.07) is 5.25. The van der Waals surface area contributed by atoms with Crippen molar-refractivity contribution in [3.05, 3.63) is 35.4 Å². The monoisotopic (exact) mass is 412 g/mol. The second kappa shape index (κ2) is 9.22. The quantitative estimate of drug-likeness (QED) is 0.185. The molecule has 0 fully saturated rings. The van der Waals surface area contributed by atoms with Gasteiger partial charge in [0, 0.05) is 12.2 Å². The Morgan fingerprint density at radius 2 is 2.10 bits per heavy atom. The van der Waals surface area contributed by atoms with Gasteiger partial charge in [0.25, 0.3) is 0 Å². The fourth-order valence-electron chi connectivity index (χ4n) is 2.66. The molecule has 29 heavy (non-hydrogen) atoms. The summed E-state index contributed by atoms with van der Waals surface area (Å²) in [6.45, 7) is 0.502. The number of esters is 2. The van der Waals surface area contributed by atoms with Gasteiger partial charge in [-0.15, -0.1) is 0 Å². The van der Waals surface area contributed by atoms with Crippen molar-refractivity contribution in [3.63, 3.8) is 0 Å². The number of fused-ring (bicyclic) bond motifs is 1. The lowest BCUT2D eigenvalue weighted by Gasteiger charge is -2.24. The Labute approximate surface area is 163 Å². The van der Waals surface area contributed by atoms with E-state index in [0.29, 0.717) is 24.2 Å². The maximum Gasteiger partial charge on any atom is 0.491 e. The lowest BCUT2D eigenvalue weighted by Crippen LogP contribution is -2.34. The first kappa shape index (κ1) is 21.9. The summed E-state index contributed by atoms with van der Waals surface area (Å²) in [6.07, 6.45) is -1.48. The minimum atomic E-state index is -5.27. The van der Waals surface area contributed by atoms with Crippen molar-refractivity contribution in [1.82, 2.24) is 5.32 Å². The number of anilines is 1. The molecule has 0 radical (unpaired) electrons. The molecule has 5 N–H and O–H groups in total. The third-order valence-corrected chi connectivity index (χ3v) is 4.02. The first-order valence-corrected chi connectivity index (χ1v) is 8.56. The van der Waals surface area contributed by atoms with Gasteiger partial charge in [-0.2, -0.15) is 13.2 Å². The third-order valence-electron chi connectivity index (χ3n) is 4.02. The normalized spacial score (nSPS) is 16.1. The van der Waals surface area contributed by atoms with Crippen LogP contribution in [0.1, 0.15) is 24.0 Å². The van der Waals surface area contributed by atoms with Gasteiger partial charge in [0.15, 0.2) is 5.96 Å². The minimum absolute atomic E-state index is 0.115. The first-order valence-electron chi connectivity index (χ1n) is 8.56. The van der Waals surface area contributed by atoms with E-state index in [-0.39, 0.29) is 12.4 Å². The molecule has 0 aliphatic carbocycles. The van der Waals surface area contributed by atoms with Crippen LogP contribution in [0, 0.1) is 11.3 Å². The van der Waals surface area contributed by atoms with Crippen LogP contribution in [0.5, 0.6) is 0 Å². The van der Waals surface area contributed by atoms with Crippen molar-refractivity contribution >= 4 is 35.6 Å². The molecule has 8 nitrogen and oxygen atoms in total. The van der Waals surface area contributed by atoms with Crippen LogP contribution in [0.3, 0.4) is 0 Å². The average Bonchev–Trinajstić information content (AvgIpc) is 2.61. The van der Waals surface area contributed by atoms with Crippen LogP contribution in [-0.4, -0.2) is 36.5 Å². The highest BCUT2D eigenvalue weighted by atomic mass is 19.4. The Kier molecular flexibility index (Phi) is 6.97. The summed E-state index contributed by atoms with van der Waals surface area (Å²) >= 11 is 0. The molecule has 2 rings (SSSR count). The Hall–Kier alpha value is -3.37. The van der Waals surface area contributed by atoms with E-state index in [2.05, 4.69) is 15.4 Å². The second-order valence-electron chi connectivity index (χ2n) is 6.30. The van der Waals surface area contributed by atoms with Gasteiger partial charge < -0.3 is 21.1 Å². The number of carbonyl (C=O) groups is 3. The van der Waals surface area contributed by atoms with Gasteiger partial charge >= 0.3 is 18.1 Å². The number of carbonyl (C=O) groups excluding carboxylic acids is 3. The van der Waals surface area contributed by atoms with Crippen LogP contribution >= 0.6 is 0 Å². The molecule has 1 aliphatic rings. The largest absolute Gasteiger partial charge is 0.491 e. The molecular weight excluding hydrogens is 393 g/mol. The molecule has 1 atom stereocenters. The van der Waals surface area contributed by atoms with Crippen molar-refractivity contribution in [3.8, 4) is 0 Å². The molecule has 156 valence electrons. The van der Waals surface area contributed by atoms with Crippen LogP contribution in [0.25, 0.3) is 6.08 Å². The molecule has 1 heterocycles. The molecule has 0 saturated heterocycles. The SMILES string of the molecule is N=C(N)NCCC=Cc1ccc2c(c1)NC(=O)C(CC(=O)OC(=O)C(F)(F)F)C2. The zero-order valence-electron chi connectivity index (χ0n) is 15.1. The van der Waals surface area contributed by atoms with Crippen molar-refractivity contribution in [1.29, 1.82) is 5.41 Å². The first-order chi connectivity index (χ1) is 13.6. The number of ether oxygens (including phenoxy) is 1. The summed E-state index contributed by atoms with van der Waals surface area (Å²) in [5.41, 5.74) is 7.22. The molecule has 1 unspecified atom stereocenters. The summed E-state index contributed by atoms with van der Waals surface area (Å²) in [5.74, 6) is -5.60. The van der Waals surface area contributed by atoms with Crippen LogP contribution in [0.4, 0.5) is 18.9 Å². The van der Waals surface area contributed by atoms with Gasteiger partial charge in [-0.3, -0.25) is 15.0 Å². The highest BCUT2D eigenvalue weighted by Crippen LogP contribution is 2.29. The standard InChI is InChI=1S/C18H19F3N4O4/c19-18(20,21)16(28)29-14(26)9-12-8-11-5-4-10(7-13(11)25-15(12)27)3-1-2-6-24-17(22)23/h1,3-5,7,12H,2,6,8-9H2,(H,25,27)(H4,22,23,24). The second-order valence-corrected chi connectivity index (χ2v) is 6.30. The van der Waals surface area contributed by atoms with Crippen molar-refractivity contribution in [2.45, 2.75) is 25.4 Å². The molecule has 0 saturated carbocycles. The lowest BCUT2D eigenvalue weighted by molar-refractivity contribution is -0.202. The maximum atomic E-state index is 12.2. The molecule has 1 aromatic rings.